The number of hydrogen-bond donors (Lipinski definition) is 1. The molecule has 0 aliphatic heterocycles. The van der Waals surface area contributed by atoms with Gasteiger partial charge in [-0.25, -0.2) is 4.79 Å². The van der Waals surface area contributed by atoms with E-state index in [0.717, 1.165) is 16.5 Å². The van der Waals surface area contributed by atoms with Crippen LogP contribution < -0.4 is 0 Å². The Bertz CT molecular complexity index is 672. The lowest BCUT2D eigenvalue weighted by Crippen LogP contribution is -2.13. The summed E-state index contributed by atoms with van der Waals surface area (Å²) in [6, 6.07) is 3.96. The summed E-state index contributed by atoms with van der Waals surface area (Å²) in [4.78, 5) is 11.6. The van der Waals surface area contributed by atoms with Crippen molar-refractivity contribution in [2.24, 2.45) is 7.05 Å². The van der Waals surface area contributed by atoms with Crippen LogP contribution in [0.25, 0.3) is 10.9 Å². The number of aromatic nitrogens is 1. The van der Waals surface area contributed by atoms with Crippen molar-refractivity contribution in [1.29, 1.82) is 0 Å². The molecule has 0 aliphatic rings. The first-order valence-electron chi connectivity index (χ1n) is 6.99. The Kier molecular flexibility index (Phi) is 3.41. The maximum absolute atomic E-state index is 11.6. The molecule has 2 aromatic rings. The molecule has 0 bridgehead atoms. The zero-order valence-corrected chi connectivity index (χ0v) is 13.1. The van der Waals surface area contributed by atoms with Crippen molar-refractivity contribution in [1.82, 2.24) is 4.57 Å². The van der Waals surface area contributed by atoms with E-state index in [4.69, 9.17) is 0 Å². The third-order valence-electron chi connectivity index (χ3n) is 3.82. The van der Waals surface area contributed by atoms with E-state index in [1.54, 1.807) is 0 Å². The average Bonchev–Trinajstić information content (AvgIpc) is 2.65. The molecule has 0 unspecified atom stereocenters. The maximum atomic E-state index is 11.6. The third kappa shape index (κ3) is 2.33. The third-order valence-corrected chi connectivity index (χ3v) is 3.82. The first-order valence-corrected chi connectivity index (χ1v) is 6.99. The molecule has 0 amide bonds. The summed E-state index contributed by atoms with van der Waals surface area (Å²) >= 11 is 0. The molecule has 1 aromatic carbocycles. The molecular formula is C17H23NO2. The zero-order valence-electron chi connectivity index (χ0n) is 13.1. The van der Waals surface area contributed by atoms with Crippen molar-refractivity contribution in [2.75, 3.05) is 0 Å². The fraction of sp³-hybridized carbons (Fsp3) is 0.471. The van der Waals surface area contributed by atoms with Gasteiger partial charge in [0.2, 0.25) is 0 Å². The highest BCUT2D eigenvalue weighted by Crippen LogP contribution is 2.34. The molecule has 0 fully saturated rings. The van der Waals surface area contributed by atoms with Gasteiger partial charge in [0.25, 0.3) is 0 Å². The predicted octanol–water partition coefficient (Wildman–Crippen LogP) is 4.30. The van der Waals surface area contributed by atoms with Gasteiger partial charge in [-0.05, 0) is 34.6 Å². The normalized spacial score (nSPS) is 12.3. The number of carboxylic acid groups (broad SMARTS) is 1. The molecule has 0 aliphatic carbocycles. The Hall–Kier alpha value is -1.77. The van der Waals surface area contributed by atoms with E-state index >= 15 is 0 Å². The molecule has 0 radical (unpaired) electrons. The van der Waals surface area contributed by atoms with Crippen LogP contribution in [-0.4, -0.2) is 15.6 Å². The van der Waals surface area contributed by atoms with Crippen molar-refractivity contribution < 1.29 is 9.90 Å². The number of carbonyl (C=O) groups is 1. The van der Waals surface area contributed by atoms with Crippen LogP contribution in [0.1, 0.15) is 62.0 Å². The minimum atomic E-state index is -0.863. The summed E-state index contributed by atoms with van der Waals surface area (Å²) < 4.78 is 1.93. The minimum absolute atomic E-state index is 0.0670. The van der Waals surface area contributed by atoms with Gasteiger partial charge in [-0.1, -0.05) is 34.6 Å². The standard InChI is InChI=1S/C17H23NO2/c1-10(2)14-9-18(6)15-12(14)7-11(17(3,4)5)8-13(15)16(19)20/h7-10H,1-6H3,(H,19,20). The lowest BCUT2D eigenvalue weighted by Gasteiger charge is -2.20. The number of benzene rings is 1. The van der Waals surface area contributed by atoms with Gasteiger partial charge in [0.15, 0.2) is 0 Å². The van der Waals surface area contributed by atoms with Gasteiger partial charge >= 0.3 is 5.97 Å². The number of fused-ring (bicyclic) bond motifs is 1. The maximum Gasteiger partial charge on any atom is 0.337 e. The van der Waals surface area contributed by atoms with Crippen LogP contribution in [-0.2, 0) is 12.5 Å². The van der Waals surface area contributed by atoms with E-state index in [2.05, 4.69) is 40.7 Å². The lowest BCUT2D eigenvalue weighted by molar-refractivity contribution is 0.0698. The van der Waals surface area contributed by atoms with Crippen molar-refractivity contribution in [2.45, 2.75) is 46.0 Å². The second kappa shape index (κ2) is 4.65. The fourth-order valence-corrected chi connectivity index (χ4v) is 2.63. The Morgan fingerprint density at radius 3 is 2.30 bits per heavy atom. The molecule has 0 saturated heterocycles. The molecule has 1 aromatic heterocycles. The van der Waals surface area contributed by atoms with Crippen LogP contribution in [0.15, 0.2) is 18.3 Å². The number of hydrogen-bond acceptors (Lipinski definition) is 1. The summed E-state index contributed by atoms with van der Waals surface area (Å²) in [5.74, 6) is -0.492. The number of aryl methyl sites for hydroxylation is 1. The van der Waals surface area contributed by atoms with Gasteiger partial charge in [0, 0.05) is 18.6 Å². The van der Waals surface area contributed by atoms with Crippen LogP contribution in [0, 0.1) is 0 Å². The Balaban J connectivity index is 2.91. The first-order chi connectivity index (χ1) is 9.12. The highest BCUT2D eigenvalue weighted by molar-refractivity contribution is 6.04. The van der Waals surface area contributed by atoms with Gasteiger partial charge in [-0.2, -0.15) is 0 Å². The van der Waals surface area contributed by atoms with E-state index < -0.39 is 5.97 Å². The molecule has 108 valence electrons. The van der Waals surface area contributed by atoms with Crippen LogP contribution in [0.2, 0.25) is 0 Å². The zero-order chi connectivity index (χ0) is 15.2. The Morgan fingerprint density at radius 1 is 1.25 bits per heavy atom. The molecule has 2 rings (SSSR count). The molecule has 1 heterocycles. The summed E-state index contributed by atoms with van der Waals surface area (Å²) in [7, 11) is 1.91. The van der Waals surface area contributed by atoms with Gasteiger partial charge in [-0.15, -0.1) is 0 Å². The highest BCUT2D eigenvalue weighted by Gasteiger charge is 2.22. The first kappa shape index (κ1) is 14.6. The van der Waals surface area contributed by atoms with E-state index in [1.165, 1.54) is 5.56 Å². The molecule has 0 atom stereocenters. The quantitative estimate of drug-likeness (QED) is 0.886. The minimum Gasteiger partial charge on any atom is -0.478 e. The van der Waals surface area contributed by atoms with E-state index in [1.807, 2.05) is 23.9 Å². The SMILES string of the molecule is CC(C)c1cn(C)c2c(C(=O)O)cc(C(C)(C)C)cc12. The number of nitrogens with zero attached hydrogens (tertiary/aromatic N) is 1. The number of aromatic carboxylic acids is 1. The number of rotatable bonds is 2. The molecule has 0 spiro atoms. The largest absolute Gasteiger partial charge is 0.478 e. The van der Waals surface area contributed by atoms with Crippen LogP contribution in [0.4, 0.5) is 0 Å². The van der Waals surface area contributed by atoms with E-state index in [0.29, 0.717) is 11.5 Å². The van der Waals surface area contributed by atoms with Crippen LogP contribution >= 0.6 is 0 Å². The molecule has 20 heavy (non-hydrogen) atoms. The summed E-state index contributed by atoms with van der Waals surface area (Å²) in [6.45, 7) is 10.6. The smallest absolute Gasteiger partial charge is 0.337 e. The van der Waals surface area contributed by atoms with Gasteiger partial charge in [0.1, 0.15) is 0 Å². The topological polar surface area (TPSA) is 42.2 Å². The van der Waals surface area contributed by atoms with Crippen LogP contribution in [0.5, 0.6) is 0 Å². The molecule has 3 heteroatoms. The van der Waals surface area contributed by atoms with Gasteiger partial charge in [-0.3, -0.25) is 0 Å². The Labute approximate surface area is 120 Å². The summed E-state index contributed by atoms with van der Waals surface area (Å²) in [5, 5.41) is 10.6. The highest BCUT2D eigenvalue weighted by atomic mass is 16.4. The second-order valence-corrected chi connectivity index (χ2v) is 6.83. The van der Waals surface area contributed by atoms with E-state index in [9.17, 15) is 9.90 Å². The van der Waals surface area contributed by atoms with E-state index in [-0.39, 0.29) is 5.41 Å². The van der Waals surface area contributed by atoms with Crippen molar-refractivity contribution >= 4 is 16.9 Å². The van der Waals surface area contributed by atoms with Crippen molar-refractivity contribution in [3.05, 3.63) is 35.0 Å². The second-order valence-electron chi connectivity index (χ2n) is 6.83. The van der Waals surface area contributed by atoms with Crippen molar-refractivity contribution in [3.8, 4) is 0 Å². The molecule has 3 nitrogen and oxygen atoms in total. The fourth-order valence-electron chi connectivity index (χ4n) is 2.63. The molecule has 0 saturated carbocycles. The Morgan fingerprint density at radius 2 is 1.85 bits per heavy atom. The summed E-state index contributed by atoms with van der Waals surface area (Å²) in [5.41, 5.74) is 3.41. The molecular weight excluding hydrogens is 250 g/mol. The average molecular weight is 273 g/mol. The monoisotopic (exact) mass is 273 g/mol. The van der Waals surface area contributed by atoms with Crippen molar-refractivity contribution in [3.63, 3.8) is 0 Å². The predicted molar refractivity (Wildman–Crippen MR) is 82.7 cm³/mol. The summed E-state index contributed by atoms with van der Waals surface area (Å²) in [6.07, 6.45) is 2.05. The lowest BCUT2D eigenvalue weighted by atomic mass is 9.84. The van der Waals surface area contributed by atoms with Gasteiger partial charge < -0.3 is 9.67 Å². The van der Waals surface area contributed by atoms with Crippen LogP contribution in [0.3, 0.4) is 0 Å². The number of carboxylic acids is 1. The van der Waals surface area contributed by atoms with Gasteiger partial charge in [0.05, 0.1) is 11.1 Å². The molecule has 1 N–H and O–H groups in total.